The van der Waals surface area contributed by atoms with E-state index in [1.54, 1.807) is 19.9 Å². The number of carbonyl (C=O) groups is 1. The van der Waals surface area contributed by atoms with Crippen LogP contribution in [0.5, 0.6) is 0 Å². The van der Waals surface area contributed by atoms with Crippen LogP contribution in [0.1, 0.15) is 28.4 Å². The van der Waals surface area contributed by atoms with Crippen LogP contribution in [0.4, 0.5) is 4.39 Å². The second kappa shape index (κ2) is 4.77. The fourth-order valence-corrected chi connectivity index (χ4v) is 2.04. The predicted octanol–water partition coefficient (Wildman–Crippen LogP) is 3.77. The average Bonchev–Trinajstić information content (AvgIpc) is 2.33. The lowest BCUT2D eigenvalue weighted by Crippen LogP contribution is -2.08. The van der Waals surface area contributed by atoms with Crippen LogP contribution >= 0.6 is 0 Å². The topological polar surface area (TPSA) is 26.3 Å². The molecule has 2 aromatic rings. The summed E-state index contributed by atoms with van der Waals surface area (Å²) in [6.07, 6.45) is 0. The monoisotopic (exact) mass is 246 g/mol. The fourth-order valence-electron chi connectivity index (χ4n) is 2.04. The maximum absolute atomic E-state index is 14.1. The molecule has 0 atom stereocenters. The maximum atomic E-state index is 14.1. The highest BCUT2D eigenvalue weighted by atomic mass is 19.1. The summed E-state index contributed by atoms with van der Waals surface area (Å²) < 4.78 is 19.0. The average molecular weight is 246 g/mol. The molecule has 0 spiro atoms. The van der Waals surface area contributed by atoms with Crippen molar-refractivity contribution >= 4 is 16.7 Å². The van der Waals surface area contributed by atoms with Gasteiger partial charge < -0.3 is 4.74 Å². The van der Waals surface area contributed by atoms with Gasteiger partial charge in [-0.1, -0.05) is 23.8 Å². The molecule has 2 nitrogen and oxygen atoms in total. The summed E-state index contributed by atoms with van der Waals surface area (Å²) in [7, 11) is 0. The third kappa shape index (κ3) is 2.08. The van der Waals surface area contributed by atoms with Crippen molar-refractivity contribution in [2.75, 3.05) is 6.61 Å². The van der Waals surface area contributed by atoms with Crippen molar-refractivity contribution < 1.29 is 13.9 Å². The molecule has 0 aromatic heterocycles. The molecule has 0 bridgehead atoms. The third-order valence-corrected chi connectivity index (χ3v) is 2.97. The number of halogens is 1. The van der Waals surface area contributed by atoms with Crippen LogP contribution in [-0.2, 0) is 4.74 Å². The minimum atomic E-state index is -0.610. The number of benzene rings is 2. The van der Waals surface area contributed by atoms with E-state index in [-0.39, 0.29) is 12.2 Å². The van der Waals surface area contributed by atoms with Crippen LogP contribution in [0, 0.1) is 19.7 Å². The molecule has 0 aliphatic rings. The summed E-state index contributed by atoms with van der Waals surface area (Å²) in [5, 5.41) is 1.68. The first kappa shape index (κ1) is 12.6. The van der Waals surface area contributed by atoms with Gasteiger partial charge in [0.2, 0.25) is 0 Å². The summed E-state index contributed by atoms with van der Waals surface area (Å²) in [6.45, 7) is 5.58. The first-order valence-corrected chi connectivity index (χ1v) is 5.91. The Morgan fingerprint density at radius 1 is 1.28 bits per heavy atom. The van der Waals surface area contributed by atoms with E-state index < -0.39 is 11.8 Å². The van der Waals surface area contributed by atoms with Gasteiger partial charge in [0.25, 0.3) is 0 Å². The Kier molecular flexibility index (Phi) is 3.32. The van der Waals surface area contributed by atoms with Crippen LogP contribution in [0.25, 0.3) is 10.8 Å². The molecule has 3 heteroatoms. The van der Waals surface area contributed by atoms with Crippen molar-refractivity contribution in [3.05, 3.63) is 46.8 Å². The van der Waals surface area contributed by atoms with E-state index in [0.29, 0.717) is 5.56 Å². The lowest BCUT2D eigenvalue weighted by molar-refractivity contribution is 0.0521. The molecular weight excluding hydrogens is 231 g/mol. The van der Waals surface area contributed by atoms with Gasteiger partial charge in [0.1, 0.15) is 5.82 Å². The molecule has 0 aliphatic carbocycles. The van der Waals surface area contributed by atoms with Crippen LogP contribution in [0.2, 0.25) is 0 Å². The van der Waals surface area contributed by atoms with Gasteiger partial charge in [0.05, 0.1) is 12.2 Å². The molecule has 0 aliphatic heterocycles. The van der Waals surface area contributed by atoms with E-state index in [1.807, 2.05) is 25.1 Å². The molecule has 0 saturated heterocycles. The largest absolute Gasteiger partial charge is 0.462 e. The summed E-state index contributed by atoms with van der Waals surface area (Å²) in [5.74, 6) is -1.11. The van der Waals surface area contributed by atoms with E-state index in [1.165, 1.54) is 0 Å². The normalized spacial score (nSPS) is 10.7. The van der Waals surface area contributed by atoms with Crippen molar-refractivity contribution in [1.29, 1.82) is 0 Å². The zero-order chi connectivity index (χ0) is 13.3. The zero-order valence-electron chi connectivity index (χ0n) is 10.7. The van der Waals surface area contributed by atoms with E-state index in [9.17, 15) is 9.18 Å². The minimum absolute atomic E-state index is 0.00690. The first-order valence-electron chi connectivity index (χ1n) is 5.91. The van der Waals surface area contributed by atoms with Gasteiger partial charge in [0, 0.05) is 0 Å². The number of rotatable bonds is 2. The summed E-state index contributed by atoms with van der Waals surface area (Å²) in [6, 6.07) is 7.30. The highest BCUT2D eigenvalue weighted by Gasteiger charge is 2.17. The zero-order valence-corrected chi connectivity index (χ0v) is 10.7. The second-order valence-corrected chi connectivity index (χ2v) is 4.31. The van der Waals surface area contributed by atoms with Crippen molar-refractivity contribution in [3.63, 3.8) is 0 Å². The quantitative estimate of drug-likeness (QED) is 0.754. The Hall–Kier alpha value is -1.90. The van der Waals surface area contributed by atoms with Crippen molar-refractivity contribution in [2.45, 2.75) is 20.8 Å². The molecule has 0 radical (unpaired) electrons. The number of hydrogen-bond acceptors (Lipinski definition) is 2. The van der Waals surface area contributed by atoms with Gasteiger partial charge in [-0.05, 0) is 43.2 Å². The molecule has 0 unspecified atom stereocenters. The van der Waals surface area contributed by atoms with E-state index in [2.05, 4.69) is 0 Å². The summed E-state index contributed by atoms with van der Waals surface area (Å²) in [5.41, 5.74) is 1.56. The van der Waals surface area contributed by atoms with Crippen molar-refractivity contribution in [3.8, 4) is 0 Å². The fraction of sp³-hybridized carbons (Fsp3) is 0.267. The molecule has 94 valence electrons. The highest BCUT2D eigenvalue weighted by Crippen LogP contribution is 2.25. The Bertz CT molecular complexity index is 617. The molecule has 0 heterocycles. The molecule has 0 fully saturated rings. The van der Waals surface area contributed by atoms with E-state index in [4.69, 9.17) is 4.74 Å². The molecule has 0 saturated carbocycles. The van der Waals surface area contributed by atoms with Gasteiger partial charge in [0.15, 0.2) is 0 Å². The van der Waals surface area contributed by atoms with Crippen LogP contribution in [0.15, 0.2) is 24.3 Å². The first-order chi connectivity index (χ1) is 8.54. The number of esters is 1. The number of carbonyl (C=O) groups excluding carboxylic acids is 1. The molecule has 0 N–H and O–H groups in total. The third-order valence-electron chi connectivity index (χ3n) is 2.97. The van der Waals surface area contributed by atoms with Crippen molar-refractivity contribution in [2.24, 2.45) is 0 Å². The molecular formula is C15H15FO2. The molecule has 18 heavy (non-hydrogen) atoms. The number of aryl methyl sites for hydroxylation is 2. The second-order valence-electron chi connectivity index (χ2n) is 4.31. The summed E-state index contributed by atoms with van der Waals surface area (Å²) in [4.78, 5) is 11.7. The highest BCUT2D eigenvalue weighted by molar-refractivity contribution is 5.97. The molecule has 2 aromatic carbocycles. The maximum Gasteiger partial charge on any atom is 0.341 e. The van der Waals surface area contributed by atoms with Gasteiger partial charge in [-0.2, -0.15) is 0 Å². The van der Waals surface area contributed by atoms with Gasteiger partial charge >= 0.3 is 5.97 Å². The number of ether oxygens (including phenoxy) is 1. The van der Waals surface area contributed by atoms with Gasteiger partial charge in [-0.3, -0.25) is 0 Å². The Labute approximate surface area is 105 Å². The van der Waals surface area contributed by atoms with Crippen LogP contribution in [-0.4, -0.2) is 12.6 Å². The smallest absolute Gasteiger partial charge is 0.341 e. The van der Waals surface area contributed by atoms with Crippen molar-refractivity contribution in [1.82, 2.24) is 0 Å². The van der Waals surface area contributed by atoms with Gasteiger partial charge in [-0.25, -0.2) is 9.18 Å². The predicted molar refractivity (Wildman–Crippen MR) is 69.3 cm³/mol. The van der Waals surface area contributed by atoms with E-state index in [0.717, 1.165) is 16.3 Å². The number of hydrogen-bond donors (Lipinski definition) is 0. The van der Waals surface area contributed by atoms with Gasteiger partial charge in [-0.15, -0.1) is 0 Å². The Morgan fingerprint density at radius 3 is 2.67 bits per heavy atom. The Morgan fingerprint density at radius 2 is 2.00 bits per heavy atom. The van der Waals surface area contributed by atoms with Crippen LogP contribution in [0.3, 0.4) is 0 Å². The SMILES string of the molecule is CCOC(=O)c1cc2cc(C)ccc2c(C)c1F. The Balaban J connectivity index is 2.68. The summed E-state index contributed by atoms with van der Waals surface area (Å²) >= 11 is 0. The lowest BCUT2D eigenvalue weighted by Gasteiger charge is -2.09. The molecule has 2 rings (SSSR count). The van der Waals surface area contributed by atoms with E-state index >= 15 is 0 Å². The standard InChI is InChI=1S/C15H15FO2/c1-4-18-15(17)13-8-11-7-9(2)5-6-12(11)10(3)14(13)16/h5-8H,4H2,1-3H3. The lowest BCUT2D eigenvalue weighted by atomic mass is 9.99. The van der Waals surface area contributed by atoms with Crippen LogP contribution < -0.4 is 0 Å². The molecule has 0 amide bonds. The number of fused-ring (bicyclic) bond motifs is 1. The minimum Gasteiger partial charge on any atom is -0.462 e.